The molecular formula is C17H23BrN2O4. The zero-order valence-corrected chi connectivity index (χ0v) is 15.7. The van der Waals surface area contributed by atoms with E-state index in [0.717, 1.165) is 10.2 Å². The van der Waals surface area contributed by atoms with Crippen LogP contribution < -0.4 is 15.4 Å². The van der Waals surface area contributed by atoms with Gasteiger partial charge >= 0.3 is 5.97 Å². The van der Waals surface area contributed by atoms with E-state index in [1.165, 1.54) is 7.11 Å². The fourth-order valence-corrected chi connectivity index (χ4v) is 3.52. The third kappa shape index (κ3) is 4.20. The first-order chi connectivity index (χ1) is 11.5. The summed E-state index contributed by atoms with van der Waals surface area (Å²) in [6.07, 6.45) is 2.75. The van der Waals surface area contributed by atoms with Crippen molar-refractivity contribution < 1.29 is 19.1 Å². The standard InChI is InChI=1S/C17H23BrN2O4/c1-19-13-8-12(18)15(23-2)9-14(13)20-16(21)10-4-6-11(7-5-10)17(22)24-3/h8-11,19H,4-7H2,1-3H3,(H,20,21). The second-order valence-corrected chi connectivity index (χ2v) is 6.70. The predicted octanol–water partition coefficient (Wildman–Crippen LogP) is 3.42. The average Bonchev–Trinajstić information content (AvgIpc) is 2.62. The van der Waals surface area contributed by atoms with Crippen LogP contribution in [-0.4, -0.2) is 33.1 Å². The third-order valence-corrected chi connectivity index (χ3v) is 5.07. The Bertz CT molecular complexity index is 613. The zero-order chi connectivity index (χ0) is 17.7. The highest BCUT2D eigenvalue weighted by atomic mass is 79.9. The van der Waals surface area contributed by atoms with Crippen molar-refractivity contribution in [3.63, 3.8) is 0 Å². The molecule has 0 radical (unpaired) electrons. The minimum Gasteiger partial charge on any atom is -0.495 e. The van der Waals surface area contributed by atoms with E-state index in [1.807, 2.05) is 6.07 Å². The second-order valence-electron chi connectivity index (χ2n) is 5.84. The summed E-state index contributed by atoms with van der Waals surface area (Å²) >= 11 is 3.43. The molecule has 1 aliphatic rings. The van der Waals surface area contributed by atoms with Gasteiger partial charge in [0.05, 0.1) is 36.0 Å². The SMILES string of the molecule is CNc1cc(Br)c(OC)cc1NC(=O)C1CCC(C(=O)OC)CC1. The summed E-state index contributed by atoms with van der Waals surface area (Å²) in [5.74, 6) is 0.270. The maximum absolute atomic E-state index is 12.6. The molecule has 1 saturated carbocycles. The first-order valence-corrected chi connectivity index (χ1v) is 8.73. The van der Waals surface area contributed by atoms with Gasteiger partial charge in [0.2, 0.25) is 5.91 Å². The third-order valence-electron chi connectivity index (χ3n) is 4.45. The van der Waals surface area contributed by atoms with E-state index in [-0.39, 0.29) is 23.7 Å². The van der Waals surface area contributed by atoms with Gasteiger partial charge in [0.15, 0.2) is 0 Å². The normalized spacial score (nSPS) is 20.2. The lowest BCUT2D eigenvalue weighted by atomic mass is 9.81. The number of methoxy groups -OCH3 is 2. The lowest BCUT2D eigenvalue weighted by molar-refractivity contribution is -0.147. The number of amides is 1. The van der Waals surface area contributed by atoms with Crippen LogP contribution in [0.1, 0.15) is 25.7 Å². The summed E-state index contributed by atoms with van der Waals surface area (Å²) < 4.78 is 10.9. The Morgan fingerprint density at radius 1 is 1.08 bits per heavy atom. The van der Waals surface area contributed by atoms with Gasteiger partial charge in [0.1, 0.15) is 5.75 Å². The maximum atomic E-state index is 12.6. The topological polar surface area (TPSA) is 76.7 Å². The number of carbonyl (C=O) groups excluding carboxylic acids is 2. The van der Waals surface area contributed by atoms with Gasteiger partial charge in [-0.25, -0.2) is 0 Å². The molecule has 132 valence electrons. The summed E-state index contributed by atoms with van der Waals surface area (Å²) in [5, 5.41) is 6.04. The molecule has 0 aliphatic heterocycles. The number of hydrogen-bond acceptors (Lipinski definition) is 5. The van der Waals surface area contributed by atoms with Gasteiger partial charge in [-0.15, -0.1) is 0 Å². The Morgan fingerprint density at radius 2 is 1.71 bits per heavy atom. The van der Waals surface area contributed by atoms with Crippen LogP contribution in [0.2, 0.25) is 0 Å². The van der Waals surface area contributed by atoms with Crippen molar-refractivity contribution in [2.24, 2.45) is 11.8 Å². The summed E-state index contributed by atoms with van der Waals surface area (Å²) in [6, 6.07) is 3.65. The fourth-order valence-electron chi connectivity index (χ4n) is 3.01. The fraction of sp³-hybridized carbons (Fsp3) is 0.529. The highest BCUT2D eigenvalue weighted by molar-refractivity contribution is 9.10. The summed E-state index contributed by atoms with van der Waals surface area (Å²) in [6.45, 7) is 0. The molecule has 1 aromatic rings. The second kappa shape index (κ2) is 8.37. The summed E-state index contributed by atoms with van der Waals surface area (Å²) in [4.78, 5) is 24.1. The lowest BCUT2D eigenvalue weighted by Crippen LogP contribution is -2.30. The number of carbonyl (C=O) groups is 2. The van der Waals surface area contributed by atoms with Crippen LogP contribution in [0.25, 0.3) is 0 Å². The predicted molar refractivity (Wildman–Crippen MR) is 96.3 cm³/mol. The molecule has 2 rings (SSSR count). The molecule has 1 aliphatic carbocycles. The van der Waals surface area contributed by atoms with Crippen LogP contribution >= 0.6 is 15.9 Å². The largest absolute Gasteiger partial charge is 0.495 e. The molecule has 7 heteroatoms. The molecule has 1 amide bonds. The highest BCUT2D eigenvalue weighted by Crippen LogP contribution is 2.36. The van der Waals surface area contributed by atoms with E-state index in [1.54, 1.807) is 20.2 Å². The molecule has 0 unspecified atom stereocenters. The smallest absolute Gasteiger partial charge is 0.308 e. The minimum absolute atomic E-state index is 0.0285. The maximum Gasteiger partial charge on any atom is 0.308 e. The minimum atomic E-state index is -0.177. The Morgan fingerprint density at radius 3 is 2.25 bits per heavy atom. The van der Waals surface area contributed by atoms with Gasteiger partial charge in [-0.05, 0) is 47.7 Å². The van der Waals surface area contributed by atoms with Gasteiger partial charge < -0.3 is 20.1 Å². The highest BCUT2D eigenvalue weighted by Gasteiger charge is 2.30. The van der Waals surface area contributed by atoms with Gasteiger partial charge in [-0.3, -0.25) is 9.59 Å². The van der Waals surface area contributed by atoms with Crippen LogP contribution in [0.4, 0.5) is 11.4 Å². The number of ether oxygens (including phenoxy) is 2. The number of nitrogens with one attached hydrogen (secondary N) is 2. The zero-order valence-electron chi connectivity index (χ0n) is 14.1. The van der Waals surface area contributed by atoms with Crippen LogP contribution in [0.15, 0.2) is 16.6 Å². The van der Waals surface area contributed by atoms with E-state index in [9.17, 15) is 9.59 Å². The van der Waals surface area contributed by atoms with Crippen molar-refractivity contribution in [1.82, 2.24) is 0 Å². The van der Waals surface area contributed by atoms with Crippen molar-refractivity contribution in [2.45, 2.75) is 25.7 Å². The average molecular weight is 399 g/mol. The molecular weight excluding hydrogens is 376 g/mol. The molecule has 1 aromatic carbocycles. The first kappa shape index (κ1) is 18.6. The van der Waals surface area contributed by atoms with E-state index in [4.69, 9.17) is 9.47 Å². The molecule has 0 atom stereocenters. The van der Waals surface area contributed by atoms with Crippen molar-refractivity contribution in [3.8, 4) is 5.75 Å². The van der Waals surface area contributed by atoms with E-state index < -0.39 is 0 Å². The Labute approximate surface area is 150 Å². The molecule has 0 saturated heterocycles. The van der Waals surface area contributed by atoms with Crippen LogP contribution in [-0.2, 0) is 14.3 Å². The number of benzene rings is 1. The summed E-state index contributed by atoms with van der Waals surface area (Å²) in [7, 11) is 4.78. The van der Waals surface area contributed by atoms with Crippen molar-refractivity contribution in [2.75, 3.05) is 31.9 Å². The Hall–Kier alpha value is -1.76. The van der Waals surface area contributed by atoms with Gasteiger partial charge in [-0.2, -0.15) is 0 Å². The van der Waals surface area contributed by atoms with Crippen molar-refractivity contribution in [3.05, 3.63) is 16.6 Å². The Kier molecular flexibility index (Phi) is 6.48. The molecule has 24 heavy (non-hydrogen) atoms. The van der Waals surface area contributed by atoms with E-state index in [2.05, 4.69) is 26.6 Å². The van der Waals surface area contributed by atoms with Gasteiger partial charge in [-0.1, -0.05) is 0 Å². The van der Waals surface area contributed by atoms with E-state index >= 15 is 0 Å². The molecule has 0 aromatic heterocycles. The van der Waals surface area contributed by atoms with Gasteiger partial charge in [0.25, 0.3) is 0 Å². The molecule has 1 fully saturated rings. The number of esters is 1. The molecule has 0 bridgehead atoms. The Balaban J connectivity index is 2.04. The number of rotatable bonds is 5. The van der Waals surface area contributed by atoms with E-state index in [0.29, 0.717) is 37.1 Å². The van der Waals surface area contributed by atoms with Crippen LogP contribution in [0.5, 0.6) is 5.75 Å². The number of anilines is 2. The van der Waals surface area contributed by atoms with Crippen LogP contribution in [0.3, 0.4) is 0 Å². The lowest BCUT2D eigenvalue weighted by Gasteiger charge is -2.26. The summed E-state index contributed by atoms with van der Waals surface area (Å²) in [5.41, 5.74) is 1.48. The van der Waals surface area contributed by atoms with Crippen molar-refractivity contribution >= 4 is 39.2 Å². The molecule has 6 nitrogen and oxygen atoms in total. The molecule has 0 spiro atoms. The van der Waals surface area contributed by atoms with Crippen LogP contribution in [0, 0.1) is 11.8 Å². The quantitative estimate of drug-likeness (QED) is 0.743. The number of halogens is 1. The number of hydrogen-bond donors (Lipinski definition) is 2. The molecule has 2 N–H and O–H groups in total. The first-order valence-electron chi connectivity index (χ1n) is 7.94. The van der Waals surface area contributed by atoms with Gasteiger partial charge in [0, 0.05) is 19.0 Å². The molecule has 0 heterocycles. The monoisotopic (exact) mass is 398 g/mol. The van der Waals surface area contributed by atoms with Crippen molar-refractivity contribution in [1.29, 1.82) is 0 Å².